The van der Waals surface area contributed by atoms with Gasteiger partial charge >= 0.3 is 6.72 Å². The molecule has 9 nitrogen and oxygen atoms in total. The van der Waals surface area contributed by atoms with Crippen molar-refractivity contribution in [1.82, 2.24) is 20.9 Å². The van der Waals surface area contributed by atoms with Crippen molar-refractivity contribution < 1.29 is 19.0 Å². The van der Waals surface area contributed by atoms with Crippen molar-refractivity contribution in [3.8, 4) is 0 Å². The molecule has 1 fully saturated rings. The zero-order valence-electron chi connectivity index (χ0n) is 11.4. The SMILES string of the molecule is NC1NCNC2=C1NCN2[C@H]1CC[C@@H](COP(O)(O)=S)O1. The minimum absolute atomic E-state index is 0.0911. The molecule has 0 aromatic rings. The summed E-state index contributed by atoms with van der Waals surface area (Å²) in [4.78, 5) is 20.3. The molecule has 0 amide bonds. The molecule has 0 aliphatic carbocycles. The van der Waals surface area contributed by atoms with Crippen molar-refractivity contribution in [1.29, 1.82) is 0 Å². The second kappa shape index (κ2) is 5.98. The van der Waals surface area contributed by atoms with Crippen LogP contribution in [0.3, 0.4) is 0 Å². The summed E-state index contributed by atoms with van der Waals surface area (Å²) in [7, 11) is 0. The van der Waals surface area contributed by atoms with E-state index in [2.05, 4.69) is 32.7 Å². The summed E-state index contributed by atoms with van der Waals surface area (Å²) in [5.74, 6) is 0.960. The Kier molecular flexibility index (Phi) is 4.40. The van der Waals surface area contributed by atoms with Gasteiger partial charge in [0.15, 0.2) is 0 Å². The van der Waals surface area contributed by atoms with Gasteiger partial charge < -0.3 is 40.3 Å². The summed E-state index contributed by atoms with van der Waals surface area (Å²) in [5.41, 5.74) is 6.92. The summed E-state index contributed by atoms with van der Waals surface area (Å²) in [6, 6.07) is 0. The highest BCUT2D eigenvalue weighted by atomic mass is 32.5. The number of hydrogen-bond donors (Lipinski definition) is 6. The van der Waals surface area contributed by atoms with E-state index in [-0.39, 0.29) is 25.1 Å². The predicted octanol–water partition coefficient (Wildman–Crippen LogP) is -1.82. The van der Waals surface area contributed by atoms with Crippen molar-refractivity contribution in [2.75, 3.05) is 19.9 Å². The number of ether oxygens (including phenoxy) is 1. The summed E-state index contributed by atoms with van der Waals surface area (Å²) < 4.78 is 10.8. The first-order chi connectivity index (χ1) is 9.94. The lowest BCUT2D eigenvalue weighted by Gasteiger charge is -2.31. The van der Waals surface area contributed by atoms with Crippen LogP contribution in [0.25, 0.3) is 0 Å². The third kappa shape index (κ3) is 3.49. The molecule has 1 unspecified atom stereocenters. The van der Waals surface area contributed by atoms with Crippen LogP contribution in [0.5, 0.6) is 0 Å². The van der Waals surface area contributed by atoms with Crippen molar-refractivity contribution in [3.63, 3.8) is 0 Å². The highest BCUT2D eigenvalue weighted by molar-refractivity contribution is 8.06. The Bertz CT molecular complexity index is 486. The quantitative estimate of drug-likeness (QED) is 0.327. The van der Waals surface area contributed by atoms with E-state index in [0.717, 1.165) is 24.4 Å². The van der Waals surface area contributed by atoms with Crippen molar-refractivity contribution in [3.05, 3.63) is 11.5 Å². The Labute approximate surface area is 127 Å². The fourth-order valence-electron chi connectivity index (χ4n) is 2.75. The molecule has 0 bridgehead atoms. The molecule has 120 valence electrons. The lowest BCUT2D eigenvalue weighted by molar-refractivity contribution is -0.0528. The van der Waals surface area contributed by atoms with Gasteiger partial charge in [0.05, 0.1) is 31.7 Å². The normalized spacial score (nSPS) is 32.9. The molecule has 1 saturated heterocycles. The van der Waals surface area contributed by atoms with Gasteiger partial charge in [-0.25, -0.2) is 0 Å². The van der Waals surface area contributed by atoms with Crippen molar-refractivity contribution in [2.45, 2.75) is 31.3 Å². The molecule has 0 aromatic carbocycles. The Balaban J connectivity index is 1.58. The molecule has 3 atom stereocenters. The second-order valence-electron chi connectivity index (χ2n) is 5.18. The monoisotopic (exact) mass is 337 g/mol. The molecule has 3 rings (SSSR count). The van der Waals surface area contributed by atoms with E-state index in [4.69, 9.17) is 24.8 Å². The largest absolute Gasteiger partial charge is 0.366 e. The standard InChI is InChI=1S/C10H20N5O4PS/c11-9-8-10(13-4-12-9)15(5-14-8)7-2-1-6(19-7)3-18-20(16,17)21/h6-7,9,12-14H,1-5,11H2,(H2,16,17,21)/t6-,7+,9?/m0/s1. The Morgan fingerprint density at radius 3 is 3.00 bits per heavy atom. The maximum absolute atomic E-state index is 9.08. The smallest absolute Gasteiger partial charge is 0.321 e. The molecule has 7 N–H and O–H groups in total. The maximum atomic E-state index is 9.08. The number of nitrogens with one attached hydrogen (secondary N) is 3. The van der Waals surface area contributed by atoms with E-state index in [1.807, 2.05) is 0 Å². The Hall–Kier alpha value is -0.450. The summed E-state index contributed by atoms with van der Waals surface area (Å²) in [6.07, 6.45) is 1.13. The van der Waals surface area contributed by atoms with E-state index in [0.29, 0.717) is 13.3 Å². The van der Waals surface area contributed by atoms with Crippen LogP contribution in [-0.4, -0.2) is 53.1 Å². The van der Waals surface area contributed by atoms with E-state index >= 15 is 0 Å². The third-order valence-electron chi connectivity index (χ3n) is 3.73. The van der Waals surface area contributed by atoms with Crippen molar-refractivity contribution >= 4 is 18.5 Å². The molecule has 0 spiro atoms. The number of rotatable bonds is 4. The second-order valence-corrected chi connectivity index (χ2v) is 7.85. The molecular formula is C10H20N5O4PS. The predicted molar refractivity (Wildman–Crippen MR) is 78.6 cm³/mol. The first-order valence-corrected chi connectivity index (χ1v) is 9.40. The molecule has 21 heavy (non-hydrogen) atoms. The first-order valence-electron chi connectivity index (χ1n) is 6.77. The van der Waals surface area contributed by atoms with Crippen LogP contribution >= 0.6 is 6.72 Å². The van der Waals surface area contributed by atoms with Gasteiger partial charge in [-0.15, -0.1) is 0 Å². The van der Waals surface area contributed by atoms with Gasteiger partial charge in [0.1, 0.15) is 18.2 Å². The molecule has 3 aliphatic rings. The molecule has 0 saturated carbocycles. The Morgan fingerprint density at radius 1 is 1.43 bits per heavy atom. The summed E-state index contributed by atoms with van der Waals surface area (Å²) in [5, 5.41) is 9.62. The van der Waals surface area contributed by atoms with Crippen LogP contribution in [-0.2, 0) is 21.1 Å². The Morgan fingerprint density at radius 2 is 2.24 bits per heavy atom. The van der Waals surface area contributed by atoms with Crippen LogP contribution in [0.1, 0.15) is 12.8 Å². The third-order valence-corrected chi connectivity index (χ3v) is 4.53. The number of nitrogens with two attached hydrogens (primary N) is 1. The fraction of sp³-hybridized carbons (Fsp3) is 0.800. The lowest BCUT2D eigenvalue weighted by Crippen LogP contribution is -2.52. The average molecular weight is 337 g/mol. The van der Waals surface area contributed by atoms with Crippen LogP contribution in [0, 0.1) is 0 Å². The van der Waals surface area contributed by atoms with Gasteiger partial charge in [-0.1, -0.05) is 0 Å². The van der Waals surface area contributed by atoms with E-state index in [1.54, 1.807) is 0 Å². The van der Waals surface area contributed by atoms with E-state index < -0.39 is 6.72 Å². The average Bonchev–Trinajstić information content (AvgIpc) is 3.02. The molecule has 11 heteroatoms. The van der Waals surface area contributed by atoms with Gasteiger partial charge in [0.2, 0.25) is 0 Å². The molecule has 3 heterocycles. The topological polar surface area (TPSA) is 124 Å². The van der Waals surface area contributed by atoms with E-state index in [9.17, 15) is 0 Å². The summed E-state index contributed by atoms with van der Waals surface area (Å²) >= 11 is 4.43. The minimum atomic E-state index is -3.61. The van der Waals surface area contributed by atoms with Crippen LogP contribution in [0.2, 0.25) is 0 Å². The zero-order chi connectivity index (χ0) is 15.0. The molecular weight excluding hydrogens is 317 g/mol. The van der Waals surface area contributed by atoms with Gasteiger partial charge in [0.25, 0.3) is 0 Å². The molecule has 0 aromatic heterocycles. The molecule has 0 radical (unpaired) electrons. The minimum Gasteiger partial charge on any atom is -0.366 e. The maximum Gasteiger partial charge on any atom is 0.321 e. The van der Waals surface area contributed by atoms with Gasteiger partial charge in [0, 0.05) is 0 Å². The first kappa shape index (κ1) is 15.4. The number of hydrogen-bond acceptors (Lipinski definition) is 8. The van der Waals surface area contributed by atoms with Crippen LogP contribution < -0.4 is 21.7 Å². The van der Waals surface area contributed by atoms with Gasteiger partial charge in [-0.3, -0.25) is 5.32 Å². The lowest BCUT2D eigenvalue weighted by atomic mass is 10.2. The zero-order valence-corrected chi connectivity index (χ0v) is 13.1. The van der Waals surface area contributed by atoms with Crippen LogP contribution in [0.4, 0.5) is 0 Å². The van der Waals surface area contributed by atoms with Gasteiger partial charge in [-0.05, 0) is 24.6 Å². The number of nitrogens with zero attached hydrogens (tertiary/aromatic N) is 1. The highest BCUT2D eigenvalue weighted by Crippen LogP contribution is 2.38. The molecule has 3 aliphatic heterocycles. The van der Waals surface area contributed by atoms with Crippen LogP contribution in [0.15, 0.2) is 11.5 Å². The van der Waals surface area contributed by atoms with E-state index in [1.165, 1.54) is 0 Å². The summed E-state index contributed by atoms with van der Waals surface area (Å²) in [6.45, 7) is -2.28. The highest BCUT2D eigenvalue weighted by Gasteiger charge is 2.37. The van der Waals surface area contributed by atoms with Crippen molar-refractivity contribution in [2.24, 2.45) is 5.73 Å². The fourth-order valence-corrected chi connectivity index (χ4v) is 3.30. The van der Waals surface area contributed by atoms with Gasteiger partial charge in [-0.2, -0.15) is 0 Å².